The molecule has 0 unspecified atom stereocenters. The number of aryl methyl sites for hydroxylation is 1. The van der Waals surface area contributed by atoms with E-state index in [-0.39, 0.29) is 0 Å². The van der Waals surface area contributed by atoms with Crippen molar-refractivity contribution in [3.63, 3.8) is 0 Å². The van der Waals surface area contributed by atoms with E-state index in [1.54, 1.807) is 11.3 Å². The van der Waals surface area contributed by atoms with E-state index >= 15 is 0 Å². The summed E-state index contributed by atoms with van der Waals surface area (Å²) in [6, 6.07) is 7.47. The highest BCUT2D eigenvalue weighted by Gasteiger charge is 2.02. The SMILES string of the molecule is Cc1csc(COc2ccccc2N)n1. The average Bonchev–Trinajstić information content (AvgIpc) is 2.63. The summed E-state index contributed by atoms with van der Waals surface area (Å²) >= 11 is 1.60. The number of benzene rings is 1. The number of anilines is 1. The van der Waals surface area contributed by atoms with Crippen LogP contribution in [0, 0.1) is 6.92 Å². The van der Waals surface area contributed by atoms with Crippen LogP contribution in [0.5, 0.6) is 5.75 Å². The molecule has 0 saturated carbocycles. The van der Waals surface area contributed by atoms with Crippen molar-refractivity contribution in [3.8, 4) is 5.75 Å². The van der Waals surface area contributed by atoms with Gasteiger partial charge in [0.1, 0.15) is 17.4 Å². The summed E-state index contributed by atoms with van der Waals surface area (Å²) < 4.78 is 5.56. The van der Waals surface area contributed by atoms with Crippen LogP contribution in [0.1, 0.15) is 10.7 Å². The van der Waals surface area contributed by atoms with Gasteiger partial charge in [-0.25, -0.2) is 4.98 Å². The summed E-state index contributed by atoms with van der Waals surface area (Å²) in [5.74, 6) is 0.713. The maximum Gasteiger partial charge on any atom is 0.142 e. The Morgan fingerprint density at radius 2 is 2.20 bits per heavy atom. The van der Waals surface area contributed by atoms with Crippen molar-refractivity contribution in [2.75, 3.05) is 5.73 Å². The minimum absolute atomic E-state index is 0.479. The Kier molecular flexibility index (Phi) is 2.87. The van der Waals surface area contributed by atoms with Crippen molar-refractivity contribution in [1.82, 2.24) is 4.98 Å². The molecule has 0 bridgehead atoms. The molecule has 0 aliphatic carbocycles. The predicted molar refractivity (Wildman–Crippen MR) is 62.0 cm³/mol. The van der Waals surface area contributed by atoms with Gasteiger partial charge < -0.3 is 10.5 Å². The third kappa shape index (κ3) is 2.47. The van der Waals surface area contributed by atoms with Gasteiger partial charge in [-0.3, -0.25) is 0 Å². The highest BCUT2D eigenvalue weighted by molar-refractivity contribution is 7.09. The maximum atomic E-state index is 5.75. The summed E-state index contributed by atoms with van der Waals surface area (Å²) in [7, 11) is 0. The maximum absolute atomic E-state index is 5.75. The van der Waals surface area contributed by atoms with E-state index in [1.807, 2.05) is 36.6 Å². The highest BCUT2D eigenvalue weighted by atomic mass is 32.1. The van der Waals surface area contributed by atoms with E-state index in [1.165, 1.54) is 0 Å². The van der Waals surface area contributed by atoms with E-state index in [4.69, 9.17) is 10.5 Å². The van der Waals surface area contributed by atoms with Crippen LogP contribution in [-0.4, -0.2) is 4.98 Å². The first-order valence-corrected chi connectivity index (χ1v) is 5.52. The lowest BCUT2D eigenvalue weighted by molar-refractivity contribution is 0.307. The topological polar surface area (TPSA) is 48.1 Å². The molecule has 0 atom stereocenters. The molecule has 3 nitrogen and oxygen atoms in total. The summed E-state index contributed by atoms with van der Waals surface area (Å²) in [5.41, 5.74) is 7.43. The second kappa shape index (κ2) is 4.31. The summed E-state index contributed by atoms with van der Waals surface area (Å²) in [6.45, 7) is 2.45. The first kappa shape index (κ1) is 9.98. The molecule has 0 aliphatic heterocycles. The number of nitrogen functional groups attached to an aromatic ring is 1. The summed E-state index contributed by atoms with van der Waals surface area (Å²) in [5, 5.41) is 2.98. The smallest absolute Gasteiger partial charge is 0.142 e. The van der Waals surface area contributed by atoms with E-state index in [9.17, 15) is 0 Å². The number of nitrogens with two attached hydrogens (primary N) is 1. The number of hydrogen-bond donors (Lipinski definition) is 1. The first-order valence-electron chi connectivity index (χ1n) is 4.64. The van der Waals surface area contributed by atoms with Crippen LogP contribution in [0.15, 0.2) is 29.6 Å². The van der Waals surface area contributed by atoms with Gasteiger partial charge in [-0.15, -0.1) is 11.3 Å². The molecule has 0 aliphatic rings. The van der Waals surface area contributed by atoms with Crippen molar-refractivity contribution in [2.24, 2.45) is 0 Å². The van der Waals surface area contributed by atoms with Crippen molar-refractivity contribution < 1.29 is 4.74 Å². The summed E-state index contributed by atoms with van der Waals surface area (Å²) in [6.07, 6.45) is 0. The molecule has 1 aromatic carbocycles. The van der Waals surface area contributed by atoms with Gasteiger partial charge >= 0.3 is 0 Å². The normalized spacial score (nSPS) is 10.2. The molecule has 1 heterocycles. The molecule has 2 rings (SSSR count). The highest BCUT2D eigenvalue weighted by Crippen LogP contribution is 2.21. The molecule has 0 saturated heterocycles. The number of ether oxygens (including phenoxy) is 1. The Morgan fingerprint density at radius 3 is 2.87 bits per heavy atom. The van der Waals surface area contributed by atoms with Crippen molar-refractivity contribution in [2.45, 2.75) is 13.5 Å². The fourth-order valence-electron chi connectivity index (χ4n) is 1.22. The second-order valence-corrected chi connectivity index (χ2v) is 4.15. The van der Waals surface area contributed by atoms with Gasteiger partial charge in [0.2, 0.25) is 0 Å². The van der Waals surface area contributed by atoms with Gasteiger partial charge in [-0.05, 0) is 19.1 Å². The van der Waals surface area contributed by atoms with Crippen LogP contribution in [0.4, 0.5) is 5.69 Å². The fourth-order valence-corrected chi connectivity index (χ4v) is 1.90. The van der Waals surface area contributed by atoms with E-state index in [0.717, 1.165) is 10.7 Å². The first-order chi connectivity index (χ1) is 7.25. The number of hydrogen-bond acceptors (Lipinski definition) is 4. The molecular formula is C11H12N2OS. The standard InChI is InChI=1S/C11H12N2OS/c1-8-7-15-11(13-8)6-14-10-5-3-2-4-9(10)12/h2-5,7H,6,12H2,1H3. The van der Waals surface area contributed by atoms with Crippen LogP contribution in [0.2, 0.25) is 0 Å². The van der Waals surface area contributed by atoms with Crippen LogP contribution in [0.25, 0.3) is 0 Å². The molecule has 0 amide bonds. The monoisotopic (exact) mass is 220 g/mol. The van der Waals surface area contributed by atoms with Crippen LogP contribution in [-0.2, 0) is 6.61 Å². The van der Waals surface area contributed by atoms with Gasteiger partial charge in [0.05, 0.1) is 5.69 Å². The molecule has 15 heavy (non-hydrogen) atoms. The molecule has 4 heteroatoms. The van der Waals surface area contributed by atoms with E-state index < -0.39 is 0 Å². The molecule has 0 radical (unpaired) electrons. The number of para-hydroxylation sites is 2. The van der Waals surface area contributed by atoms with E-state index in [0.29, 0.717) is 18.0 Å². The summed E-state index contributed by atoms with van der Waals surface area (Å²) in [4.78, 5) is 4.31. The lowest BCUT2D eigenvalue weighted by atomic mass is 10.3. The van der Waals surface area contributed by atoms with Crippen molar-refractivity contribution >= 4 is 17.0 Å². The molecule has 2 aromatic rings. The van der Waals surface area contributed by atoms with Crippen LogP contribution >= 0.6 is 11.3 Å². The Labute approximate surface area is 92.5 Å². The van der Waals surface area contributed by atoms with Crippen molar-refractivity contribution in [3.05, 3.63) is 40.3 Å². The zero-order chi connectivity index (χ0) is 10.7. The van der Waals surface area contributed by atoms with Gasteiger partial charge in [-0.1, -0.05) is 12.1 Å². The number of rotatable bonds is 3. The lowest BCUT2D eigenvalue weighted by Crippen LogP contribution is -1.98. The van der Waals surface area contributed by atoms with Gasteiger partial charge in [-0.2, -0.15) is 0 Å². The van der Waals surface area contributed by atoms with Crippen LogP contribution < -0.4 is 10.5 Å². The number of aromatic nitrogens is 1. The molecule has 1 aromatic heterocycles. The van der Waals surface area contributed by atoms with Crippen LogP contribution in [0.3, 0.4) is 0 Å². The Hall–Kier alpha value is -1.55. The second-order valence-electron chi connectivity index (χ2n) is 3.21. The van der Waals surface area contributed by atoms with Gasteiger partial charge in [0.15, 0.2) is 0 Å². The van der Waals surface area contributed by atoms with Gasteiger partial charge in [0, 0.05) is 11.1 Å². The third-order valence-corrected chi connectivity index (χ3v) is 2.88. The predicted octanol–water partition coefficient (Wildman–Crippen LogP) is 2.61. The minimum Gasteiger partial charge on any atom is -0.484 e. The molecule has 78 valence electrons. The van der Waals surface area contributed by atoms with Crippen molar-refractivity contribution in [1.29, 1.82) is 0 Å². The lowest BCUT2D eigenvalue weighted by Gasteiger charge is -2.06. The minimum atomic E-state index is 0.479. The third-order valence-electron chi connectivity index (χ3n) is 1.94. The Morgan fingerprint density at radius 1 is 1.40 bits per heavy atom. The number of nitrogens with zero attached hydrogens (tertiary/aromatic N) is 1. The number of thiazole rings is 1. The van der Waals surface area contributed by atoms with Gasteiger partial charge in [0.25, 0.3) is 0 Å². The Balaban J connectivity index is 2.02. The fraction of sp³-hybridized carbons (Fsp3) is 0.182. The molecule has 2 N–H and O–H groups in total. The largest absolute Gasteiger partial charge is 0.484 e. The molecule has 0 fully saturated rings. The Bertz CT molecular complexity index is 453. The zero-order valence-corrected chi connectivity index (χ0v) is 9.25. The molecular weight excluding hydrogens is 208 g/mol. The average molecular weight is 220 g/mol. The zero-order valence-electron chi connectivity index (χ0n) is 8.43. The molecule has 0 spiro atoms. The van der Waals surface area contributed by atoms with E-state index in [2.05, 4.69) is 4.98 Å². The quantitative estimate of drug-likeness (QED) is 0.809.